The third-order valence-electron chi connectivity index (χ3n) is 7.68. The van der Waals surface area contributed by atoms with E-state index in [9.17, 15) is 0 Å². The lowest BCUT2D eigenvalue weighted by Crippen LogP contribution is -2.49. The van der Waals surface area contributed by atoms with Crippen molar-refractivity contribution in [2.45, 2.75) is 51.4 Å². The van der Waals surface area contributed by atoms with Crippen LogP contribution in [0.4, 0.5) is 0 Å². The summed E-state index contributed by atoms with van der Waals surface area (Å²) in [5.74, 6) is 0.878. The molecule has 5 rings (SSSR count). The monoisotopic (exact) mass is 449 g/mol. The summed E-state index contributed by atoms with van der Waals surface area (Å²) in [6.45, 7) is 11.8. The molecular weight excluding hydrogens is 410 g/mol. The number of likely N-dealkylation sites (tertiary alicyclic amines) is 1. The number of aromatic nitrogens is 1. The quantitative estimate of drug-likeness (QED) is 0.725. The van der Waals surface area contributed by atoms with Gasteiger partial charge >= 0.3 is 0 Å². The van der Waals surface area contributed by atoms with Crippen molar-refractivity contribution in [2.24, 2.45) is 0 Å². The molecule has 0 aliphatic carbocycles. The highest BCUT2D eigenvalue weighted by atomic mass is 16.5. The zero-order chi connectivity index (χ0) is 22.8. The van der Waals surface area contributed by atoms with Gasteiger partial charge in [-0.1, -0.05) is 6.08 Å². The molecule has 1 unspecified atom stereocenters. The number of allylic oxidation sites excluding steroid dienone is 2. The van der Waals surface area contributed by atoms with Crippen molar-refractivity contribution in [3.63, 3.8) is 0 Å². The van der Waals surface area contributed by atoms with Crippen molar-refractivity contribution in [2.75, 3.05) is 46.4 Å². The summed E-state index contributed by atoms with van der Waals surface area (Å²) in [5, 5.41) is 4.98. The van der Waals surface area contributed by atoms with Gasteiger partial charge in [-0.15, -0.1) is 0 Å². The summed E-state index contributed by atoms with van der Waals surface area (Å²) < 4.78 is 5.38. The van der Waals surface area contributed by atoms with Crippen LogP contribution >= 0.6 is 0 Å². The number of aromatic amines is 1. The Morgan fingerprint density at radius 1 is 0.970 bits per heavy atom. The maximum atomic E-state index is 5.38. The average Bonchev–Trinajstić information content (AvgIpc) is 3.12. The molecule has 1 atom stereocenters. The standard InChI is InChI=1S/C27H39N5O/c1-20(2)30-14-10-22(11-15-30)31-12-5-13-32(17-16-31)27-7-4-6-24(29-27)26-18-21-8-9-23(33-3)19-25(21)28-26/h4,6-9,18-20,22,27-29H,5,10-17H2,1-3H3. The first-order valence-electron chi connectivity index (χ1n) is 12.6. The number of rotatable bonds is 5. The maximum absolute atomic E-state index is 5.38. The number of hydrogen-bond donors (Lipinski definition) is 2. The highest BCUT2D eigenvalue weighted by Crippen LogP contribution is 2.26. The molecule has 3 aliphatic heterocycles. The van der Waals surface area contributed by atoms with Gasteiger partial charge in [-0.25, -0.2) is 0 Å². The number of hydrogen-bond acceptors (Lipinski definition) is 5. The molecule has 0 saturated carbocycles. The first kappa shape index (κ1) is 22.5. The molecule has 0 spiro atoms. The summed E-state index contributed by atoms with van der Waals surface area (Å²) in [5.41, 5.74) is 3.38. The molecule has 0 radical (unpaired) electrons. The molecule has 6 heteroatoms. The van der Waals surface area contributed by atoms with Gasteiger partial charge in [0.15, 0.2) is 0 Å². The molecule has 6 nitrogen and oxygen atoms in total. The van der Waals surface area contributed by atoms with E-state index in [-0.39, 0.29) is 6.17 Å². The zero-order valence-electron chi connectivity index (χ0n) is 20.4. The molecule has 33 heavy (non-hydrogen) atoms. The number of dihydropyridines is 1. The van der Waals surface area contributed by atoms with Gasteiger partial charge in [0.25, 0.3) is 0 Å². The van der Waals surface area contributed by atoms with Gasteiger partial charge in [0.1, 0.15) is 5.75 Å². The lowest BCUT2D eigenvalue weighted by molar-refractivity contribution is 0.0930. The van der Waals surface area contributed by atoms with Crippen LogP contribution < -0.4 is 10.1 Å². The van der Waals surface area contributed by atoms with Gasteiger partial charge in [-0.2, -0.15) is 0 Å². The Balaban J connectivity index is 1.20. The van der Waals surface area contributed by atoms with Gasteiger partial charge in [0.2, 0.25) is 0 Å². The van der Waals surface area contributed by atoms with E-state index in [1.807, 2.05) is 6.07 Å². The number of nitrogens with zero attached hydrogens (tertiary/aromatic N) is 3. The molecule has 1 aromatic heterocycles. The van der Waals surface area contributed by atoms with Crippen LogP contribution in [0.1, 0.15) is 38.8 Å². The van der Waals surface area contributed by atoms with Gasteiger partial charge in [-0.05, 0) is 83.1 Å². The van der Waals surface area contributed by atoms with Gasteiger partial charge in [-0.3, -0.25) is 9.80 Å². The van der Waals surface area contributed by atoms with Gasteiger partial charge in [0, 0.05) is 48.7 Å². The van der Waals surface area contributed by atoms with E-state index in [1.165, 1.54) is 50.8 Å². The van der Waals surface area contributed by atoms with E-state index in [0.29, 0.717) is 6.04 Å². The average molecular weight is 450 g/mol. The Morgan fingerprint density at radius 3 is 2.55 bits per heavy atom. The van der Waals surface area contributed by atoms with Crippen molar-refractivity contribution in [3.05, 3.63) is 48.2 Å². The summed E-state index contributed by atoms with van der Waals surface area (Å²) in [6.07, 6.45) is 10.8. The van der Waals surface area contributed by atoms with Gasteiger partial charge < -0.3 is 19.9 Å². The highest BCUT2D eigenvalue weighted by Gasteiger charge is 2.29. The maximum Gasteiger partial charge on any atom is 0.120 e. The van der Waals surface area contributed by atoms with Crippen LogP contribution in [-0.4, -0.2) is 84.3 Å². The summed E-state index contributed by atoms with van der Waals surface area (Å²) in [7, 11) is 1.71. The smallest absolute Gasteiger partial charge is 0.120 e. The van der Waals surface area contributed by atoms with Crippen molar-refractivity contribution < 1.29 is 4.74 Å². The normalized spacial score (nSPS) is 24.1. The topological polar surface area (TPSA) is 46.8 Å². The second-order valence-electron chi connectivity index (χ2n) is 9.98. The predicted octanol–water partition coefficient (Wildman–Crippen LogP) is 3.88. The summed E-state index contributed by atoms with van der Waals surface area (Å²) >= 11 is 0. The molecule has 2 aromatic rings. The van der Waals surface area contributed by atoms with E-state index in [2.05, 4.69) is 75.3 Å². The number of benzene rings is 1. The fourth-order valence-electron chi connectivity index (χ4n) is 5.64. The minimum Gasteiger partial charge on any atom is -0.497 e. The number of fused-ring (bicyclic) bond motifs is 1. The van der Waals surface area contributed by atoms with Crippen molar-refractivity contribution >= 4 is 16.6 Å². The molecule has 1 aromatic carbocycles. The Labute approximate surface area is 198 Å². The minimum absolute atomic E-state index is 0.244. The minimum atomic E-state index is 0.244. The van der Waals surface area contributed by atoms with E-state index in [0.717, 1.165) is 41.8 Å². The molecule has 3 aliphatic rings. The summed E-state index contributed by atoms with van der Waals surface area (Å²) in [4.78, 5) is 11.6. The second kappa shape index (κ2) is 9.92. The van der Waals surface area contributed by atoms with Crippen molar-refractivity contribution in [3.8, 4) is 5.75 Å². The van der Waals surface area contributed by atoms with E-state index in [4.69, 9.17) is 4.74 Å². The van der Waals surface area contributed by atoms with Crippen molar-refractivity contribution in [1.82, 2.24) is 25.0 Å². The lowest BCUT2D eigenvalue weighted by Gasteiger charge is -2.40. The van der Waals surface area contributed by atoms with Crippen LogP contribution in [0.3, 0.4) is 0 Å². The fourth-order valence-corrected chi connectivity index (χ4v) is 5.64. The molecule has 2 fully saturated rings. The van der Waals surface area contributed by atoms with Crippen LogP contribution in [0.5, 0.6) is 5.75 Å². The Bertz CT molecular complexity index is 1000. The number of H-pyrrole nitrogens is 1. The Hall–Kier alpha value is -2.28. The van der Waals surface area contributed by atoms with E-state index >= 15 is 0 Å². The molecule has 4 heterocycles. The van der Waals surface area contributed by atoms with E-state index < -0.39 is 0 Å². The van der Waals surface area contributed by atoms with Crippen LogP contribution in [0.2, 0.25) is 0 Å². The van der Waals surface area contributed by atoms with E-state index in [1.54, 1.807) is 7.11 Å². The number of piperidine rings is 1. The highest BCUT2D eigenvalue weighted by molar-refractivity contribution is 5.86. The van der Waals surface area contributed by atoms with Crippen LogP contribution in [0.15, 0.2) is 42.5 Å². The Kier molecular flexibility index (Phi) is 6.76. The SMILES string of the molecule is COc1ccc2cc(C3=CC=CC(N4CCCN(C5CCN(C(C)C)CC5)CC4)N3)[nH]c2c1. The third kappa shape index (κ3) is 4.98. The Morgan fingerprint density at radius 2 is 1.76 bits per heavy atom. The predicted molar refractivity (Wildman–Crippen MR) is 136 cm³/mol. The summed E-state index contributed by atoms with van der Waals surface area (Å²) in [6, 6.07) is 9.84. The number of methoxy groups -OCH3 is 1. The third-order valence-corrected chi connectivity index (χ3v) is 7.68. The lowest BCUT2D eigenvalue weighted by atomic mass is 10.0. The molecule has 0 bridgehead atoms. The molecular formula is C27H39N5O. The molecule has 0 amide bonds. The second-order valence-corrected chi connectivity index (χ2v) is 9.98. The molecule has 2 saturated heterocycles. The molecule has 2 N–H and O–H groups in total. The fraction of sp³-hybridized carbons (Fsp3) is 0.556. The van der Waals surface area contributed by atoms with Crippen molar-refractivity contribution in [1.29, 1.82) is 0 Å². The number of ether oxygens (including phenoxy) is 1. The first-order valence-corrected chi connectivity index (χ1v) is 12.6. The first-order chi connectivity index (χ1) is 16.1. The number of nitrogens with one attached hydrogen (secondary N) is 2. The van der Waals surface area contributed by atoms with Crippen LogP contribution in [0.25, 0.3) is 16.6 Å². The largest absolute Gasteiger partial charge is 0.497 e. The van der Waals surface area contributed by atoms with Crippen LogP contribution in [0, 0.1) is 0 Å². The molecule has 178 valence electrons. The van der Waals surface area contributed by atoms with Crippen LogP contribution in [-0.2, 0) is 0 Å². The van der Waals surface area contributed by atoms with Gasteiger partial charge in [0.05, 0.1) is 24.7 Å². The zero-order valence-corrected chi connectivity index (χ0v) is 20.4.